The van der Waals surface area contributed by atoms with Gasteiger partial charge in [-0.15, -0.1) is 0 Å². The summed E-state index contributed by atoms with van der Waals surface area (Å²) >= 11 is 0. The first kappa shape index (κ1) is 14.7. The number of carbonyl (C=O) groups excluding carboxylic acids is 1. The van der Waals surface area contributed by atoms with Crippen LogP contribution in [0, 0.1) is 12.8 Å². The maximum absolute atomic E-state index is 10.9. The van der Waals surface area contributed by atoms with Gasteiger partial charge in [-0.25, -0.2) is 0 Å². The average molecular weight is 248 g/mol. The normalized spacial score (nSPS) is 12.9. The molecular weight excluding hydrogens is 224 g/mol. The van der Waals surface area contributed by atoms with Gasteiger partial charge in [0.2, 0.25) is 0 Å². The lowest BCUT2D eigenvalue weighted by Gasteiger charge is -2.07. The molecule has 1 aliphatic carbocycles. The van der Waals surface area contributed by atoms with Crippen molar-refractivity contribution in [3.8, 4) is 0 Å². The molecule has 0 radical (unpaired) electrons. The molecule has 0 bridgehead atoms. The Labute approximate surface area is 110 Å². The predicted octanol–water partition coefficient (Wildman–Crippen LogP) is 3.88. The molecular formula is C16H24O2. The molecule has 1 atom stereocenters. The molecule has 1 aliphatic rings. The fraction of sp³-hybridized carbons (Fsp3) is 0.562. The van der Waals surface area contributed by atoms with Crippen molar-refractivity contribution in [1.29, 1.82) is 0 Å². The summed E-state index contributed by atoms with van der Waals surface area (Å²) in [5, 5.41) is 0. The zero-order chi connectivity index (χ0) is 13.5. The molecule has 0 amide bonds. The van der Waals surface area contributed by atoms with Crippen molar-refractivity contribution >= 4 is 5.97 Å². The molecule has 1 aromatic carbocycles. The van der Waals surface area contributed by atoms with Crippen molar-refractivity contribution in [3.05, 3.63) is 34.9 Å². The fourth-order valence-electron chi connectivity index (χ4n) is 1.86. The van der Waals surface area contributed by atoms with Crippen LogP contribution in [0.4, 0.5) is 0 Å². The maximum Gasteiger partial charge on any atom is 0.308 e. The van der Waals surface area contributed by atoms with E-state index in [9.17, 15) is 4.79 Å². The van der Waals surface area contributed by atoms with E-state index in [4.69, 9.17) is 4.74 Å². The summed E-state index contributed by atoms with van der Waals surface area (Å²) in [6, 6.07) is 6.64. The highest BCUT2D eigenvalue weighted by atomic mass is 16.5. The van der Waals surface area contributed by atoms with Gasteiger partial charge in [-0.2, -0.15) is 0 Å². The zero-order valence-corrected chi connectivity index (χ0v) is 12.0. The molecule has 2 rings (SSSR count). The maximum atomic E-state index is 10.9. The Hall–Kier alpha value is -1.31. The number of hydrogen-bond acceptors (Lipinski definition) is 2. The first-order chi connectivity index (χ1) is 8.58. The third-order valence-corrected chi connectivity index (χ3v) is 3.03. The van der Waals surface area contributed by atoms with Crippen molar-refractivity contribution in [2.45, 2.75) is 47.0 Å². The lowest BCUT2D eigenvalue weighted by atomic mass is 10.1. The van der Waals surface area contributed by atoms with E-state index >= 15 is 0 Å². The van der Waals surface area contributed by atoms with Gasteiger partial charge in [-0.05, 0) is 37.8 Å². The monoisotopic (exact) mass is 248 g/mol. The van der Waals surface area contributed by atoms with Gasteiger partial charge in [0.25, 0.3) is 0 Å². The number of carbonyl (C=O) groups is 1. The van der Waals surface area contributed by atoms with E-state index in [0.29, 0.717) is 6.61 Å². The highest BCUT2D eigenvalue weighted by Crippen LogP contribution is 2.27. The molecule has 1 unspecified atom stereocenters. The zero-order valence-electron chi connectivity index (χ0n) is 12.0. The second kappa shape index (κ2) is 7.20. The summed E-state index contributed by atoms with van der Waals surface area (Å²) in [5.74, 6) is 0.00861. The standard InChI is InChI=1S/C8H16O2.C8H8/c1-4-6-7(3)8(9)10-5-2;1-6-2-3-7-5-8(7)4-6/h7H,4-6H2,1-3H3;2-4H,5H2,1H3. The number of hydrogen-bond donors (Lipinski definition) is 0. The minimum Gasteiger partial charge on any atom is -0.466 e. The molecule has 18 heavy (non-hydrogen) atoms. The first-order valence-corrected chi connectivity index (χ1v) is 6.83. The molecule has 0 heterocycles. The number of fused-ring (bicyclic) bond motifs is 1. The molecule has 0 N–H and O–H groups in total. The third kappa shape index (κ3) is 4.91. The van der Waals surface area contributed by atoms with Gasteiger partial charge < -0.3 is 4.74 Å². The third-order valence-electron chi connectivity index (χ3n) is 3.03. The molecule has 0 aromatic heterocycles. The summed E-state index contributed by atoms with van der Waals surface area (Å²) in [6.45, 7) is 8.43. The molecule has 2 nitrogen and oxygen atoms in total. The van der Waals surface area contributed by atoms with E-state index in [2.05, 4.69) is 32.0 Å². The first-order valence-electron chi connectivity index (χ1n) is 6.83. The van der Waals surface area contributed by atoms with Gasteiger partial charge in [0.15, 0.2) is 0 Å². The van der Waals surface area contributed by atoms with Crippen LogP contribution < -0.4 is 0 Å². The van der Waals surface area contributed by atoms with Crippen LogP contribution in [-0.2, 0) is 16.0 Å². The van der Waals surface area contributed by atoms with Gasteiger partial charge in [0.05, 0.1) is 12.5 Å². The van der Waals surface area contributed by atoms with Crippen LogP contribution in [0.25, 0.3) is 0 Å². The Bertz CT molecular complexity index is 395. The van der Waals surface area contributed by atoms with Gasteiger partial charge in [0, 0.05) is 0 Å². The molecule has 0 fully saturated rings. The SMILES string of the molecule is CCCC(C)C(=O)OCC.Cc1ccc2c(c1)C2. The largest absolute Gasteiger partial charge is 0.466 e. The highest BCUT2D eigenvalue weighted by Gasteiger charge is 2.14. The summed E-state index contributed by atoms with van der Waals surface area (Å²) in [6.07, 6.45) is 3.21. The minimum atomic E-state index is -0.0654. The Morgan fingerprint density at radius 1 is 1.33 bits per heavy atom. The van der Waals surface area contributed by atoms with E-state index in [0.717, 1.165) is 12.8 Å². The van der Waals surface area contributed by atoms with E-state index in [-0.39, 0.29) is 11.9 Å². The highest BCUT2D eigenvalue weighted by molar-refractivity contribution is 5.71. The Kier molecular flexibility index (Phi) is 5.90. The summed E-state index contributed by atoms with van der Waals surface area (Å²) in [5.41, 5.74) is 4.47. The average Bonchev–Trinajstić information content (AvgIpc) is 3.08. The Morgan fingerprint density at radius 2 is 2.06 bits per heavy atom. The number of esters is 1. The summed E-state index contributed by atoms with van der Waals surface area (Å²) in [7, 11) is 0. The van der Waals surface area contributed by atoms with Gasteiger partial charge in [-0.3, -0.25) is 4.79 Å². The number of benzene rings is 1. The smallest absolute Gasteiger partial charge is 0.308 e. The van der Waals surface area contributed by atoms with Crippen molar-refractivity contribution in [2.24, 2.45) is 5.92 Å². The topological polar surface area (TPSA) is 26.3 Å². The van der Waals surface area contributed by atoms with Crippen LogP contribution in [-0.4, -0.2) is 12.6 Å². The summed E-state index contributed by atoms with van der Waals surface area (Å²) < 4.78 is 4.82. The molecule has 0 saturated carbocycles. The summed E-state index contributed by atoms with van der Waals surface area (Å²) in [4.78, 5) is 10.9. The van der Waals surface area contributed by atoms with E-state index in [1.165, 1.54) is 17.5 Å². The van der Waals surface area contributed by atoms with Crippen LogP contribution in [0.5, 0.6) is 0 Å². The van der Waals surface area contributed by atoms with Crippen LogP contribution in [0.2, 0.25) is 0 Å². The van der Waals surface area contributed by atoms with E-state index in [1.807, 2.05) is 13.8 Å². The lowest BCUT2D eigenvalue weighted by molar-refractivity contribution is -0.147. The second-order valence-corrected chi connectivity index (χ2v) is 4.89. The van der Waals surface area contributed by atoms with Crippen LogP contribution in [0.3, 0.4) is 0 Å². The molecule has 100 valence electrons. The predicted molar refractivity (Wildman–Crippen MR) is 74.7 cm³/mol. The van der Waals surface area contributed by atoms with Gasteiger partial charge in [-0.1, -0.05) is 44.0 Å². The van der Waals surface area contributed by atoms with Crippen molar-refractivity contribution in [2.75, 3.05) is 6.61 Å². The molecule has 0 aliphatic heterocycles. The lowest BCUT2D eigenvalue weighted by Crippen LogP contribution is -2.14. The van der Waals surface area contributed by atoms with Crippen LogP contribution in [0.15, 0.2) is 18.2 Å². The Balaban J connectivity index is 0.000000182. The number of rotatable bonds is 4. The number of ether oxygens (including phenoxy) is 1. The number of aryl methyl sites for hydroxylation is 1. The molecule has 0 saturated heterocycles. The van der Waals surface area contributed by atoms with Crippen molar-refractivity contribution in [3.63, 3.8) is 0 Å². The fourth-order valence-corrected chi connectivity index (χ4v) is 1.86. The minimum absolute atomic E-state index is 0.0654. The quantitative estimate of drug-likeness (QED) is 0.767. The van der Waals surface area contributed by atoms with E-state index < -0.39 is 0 Å². The Morgan fingerprint density at radius 3 is 2.56 bits per heavy atom. The molecule has 1 aromatic rings. The van der Waals surface area contributed by atoms with Crippen molar-refractivity contribution in [1.82, 2.24) is 0 Å². The van der Waals surface area contributed by atoms with E-state index in [1.54, 1.807) is 5.56 Å². The van der Waals surface area contributed by atoms with Gasteiger partial charge >= 0.3 is 5.97 Å². The van der Waals surface area contributed by atoms with Crippen LogP contribution in [0.1, 0.15) is 50.3 Å². The van der Waals surface area contributed by atoms with Crippen LogP contribution >= 0.6 is 0 Å². The molecule has 0 spiro atoms. The second-order valence-electron chi connectivity index (χ2n) is 4.89. The molecule has 2 heteroatoms. The van der Waals surface area contributed by atoms with Gasteiger partial charge in [0.1, 0.15) is 0 Å². The van der Waals surface area contributed by atoms with Crippen molar-refractivity contribution < 1.29 is 9.53 Å².